The summed E-state index contributed by atoms with van der Waals surface area (Å²) in [7, 11) is 0. The van der Waals surface area contributed by atoms with Crippen LogP contribution in [0, 0.1) is 10.8 Å². The zero-order chi connectivity index (χ0) is 8.94. The van der Waals surface area contributed by atoms with Gasteiger partial charge in [0.05, 0.1) is 6.10 Å². The fourth-order valence-electron chi connectivity index (χ4n) is 4.63. The van der Waals surface area contributed by atoms with Gasteiger partial charge in [-0.1, -0.05) is 25.7 Å². The molecule has 0 bridgehead atoms. The van der Waals surface area contributed by atoms with Gasteiger partial charge in [-0.3, -0.25) is 0 Å². The van der Waals surface area contributed by atoms with Crippen LogP contribution in [0.1, 0.15) is 57.8 Å². The van der Waals surface area contributed by atoms with Gasteiger partial charge in [-0.2, -0.15) is 0 Å². The number of hydrogen-bond acceptors (Lipinski definition) is 1. The highest BCUT2D eigenvalue weighted by Crippen LogP contribution is 2.71. The molecule has 1 nitrogen and oxygen atoms in total. The molecule has 0 spiro atoms. The molecule has 0 saturated heterocycles. The summed E-state index contributed by atoms with van der Waals surface area (Å²) in [6.45, 7) is 0. The first-order valence-electron chi connectivity index (χ1n) is 5.97. The van der Waals surface area contributed by atoms with Gasteiger partial charge in [-0.05, 0) is 37.5 Å². The van der Waals surface area contributed by atoms with Gasteiger partial charge in [0.25, 0.3) is 0 Å². The van der Waals surface area contributed by atoms with Crippen LogP contribution in [0.2, 0.25) is 0 Å². The molecule has 13 heavy (non-hydrogen) atoms. The van der Waals surface area contributed by atoms with Crippen LogP contribution in [0.15, 0.2) is 0 Å². The molecule has 3 aliphatic rings. The summed E-state index contributed by atoms with van der Waals surface area (Å²) < 4.78 is 0. The molecule has 1 N–H and O–H groups in total. The third kappa shape index (κ3) is 0.823. The summed E-state index contributed by atoms with van der Waals surface area (Å²) in [6, 6.07) is 0. The molecule has 3 atom stereocenters. The van der Waals surface area contributed by atoms with Crippen LogP contribution in [0.5, 0.6) is 0 Å². The summed E-state index contributed by atoms with van der Waals surface area (Å²) in [6.07, 6.45) is 12.3. The van der Waals surface area contributed by atoms with Crippen molar-refractivity contribution < 1.29 is 5.11 Å². The van der Waals surface area contributed by atoms with E-state index in [1.54, 1.807) is 0 Å². The van der Waals surface area contributed by atoms with E-state index in [4.69, 9.17) is 0 Å². The van der Waals surface area contributed by atoms with Crippen molar-refractivity contribution in [1.82, 2.24) is 0 Å². The molecular formula is C12H20O. The maximum atomic E-state index is 10.0. The van der Waals surface area contributed by atoms with Crippen molar-refractivity contribution in [3.8, 4) is 0 Å². The van der Waals surface area contributed by atoms with Gasteiger partial charge >= 0.3 is 0 Å². The second-order valence-corrected chi connectivity index (χ2v) is 5.57. The van der Waals surface area contributed by atoms with Crippen molar-refractivity contribution in [2.45, 2.75) is 63.9 Å². The Morgan fingerprint density at radius 2 is 1.54 bits per heavy atom. The normalized spacial score (nSPS) is 54.7. The average Bonchev–Trinajstić information content (AvgIpc) is 2.33. The largest absolute Gasteiger partial charge is 0.393 e. The first-order valence-corrected chi connectivity index (χ1v) is 5.97. The first-order chi connectivity index (χ1) is 6.29. The van der Waals surface area contributed by atoms with Crippen molar-refractivity contribution in [3.63, 3.8) is 0 Å². The molecule has 3 rings (SSSR count). The zero-order valence-electron chi connectivity index (χ0n) is 8.39. The van der Waals surface area contributed by atoms with Gasteiger partial charge in [-0.15, -0.1) is 0 Å². The quantitative estimate of drug-likeness (QED) is 0.607. The minimum absolute atomic E-state index is 0.0631. The van der Waals surface area contributed by atoms with E-state index in [0.29, 0.717) is 10.8 Å². The average molecular weight is 180 g/mol. The third-order valence-electron chi connectivity index (χ3n) is 5.33. The number of aliphatic hydroxyl groups excluding tert-OH is 1. The Labute approximate surface area is 80.5 Å². The minimum atomic E-state index is 0.0631. The number of rotatable bonds is 0. The molecule has 0 radical (unpaired) electrons. The van der Waals surface area contributed by atoms with Crippen LogP contribution in [0.4, 0.5) is 0 Å². The smallest absolute Gasteiger partial charge is 0.0607 e. The number of hydrogen-bond donors (Lipinski definition) is 1. The Kier molecular flexibility index (Phi) is 1.59. The van der Waals surface area contributed by atoms with E-state index in [9.17, 15) is 5.11 Å². The second-order valence-electron chi connectivity index (χ2n) is 5.57. The summed E-state index contributed by atoms with van der Waals surface area (Å²) >= 11 is 0. The molecule has 3 fully saturated rings. The molecule has 74 valence electrons. The topological polar surface area (TPSA) is 20.2 Å². The van der Waals surface area contributed by atoms with E-state index in [-0.39, 0.29) is 6.10 Å². The Hall–Kier alpha value is -0.0400. The highest BCUT2D eigenvalue weighted by Gasteiger charge is 2.66. The molecular weight excluding hydrogens is 160 g/mol. The predicted molar refractivity (Wildman–Crippen MR) is 52.4 cm³/mol. The van der Waals surface area contributed by atoms with E-state index in [0.717, 1.165) is 6.42 Å². The third-order valence-corrected chi connectivity index (χ3v) is 5.33. The molecule has 0 heterocycles. The van der Waals surface area contributed by atoms with Crippen LogP contribution in [0.25, 0.3) is 0 Å². The Morgan fingerprint density at radius 1 is 0.846 bits per heavy atom. The maximum absolute atomic E-state index is 10.0. The highest BCUT2D eigenvalue weighted by atomic mass is 16.3. The predicted octanol–water partition coefficient (Wildman–Crippen LogP) is 2.87. The summed E-state index contributed by atoms with van der Waals surface area (Å²) in [5.74, 6) is 0. The van der Waals surface area contributed by atoms with Gasteiger partial charge in [0.15, 0.2) is 0 Å². The van der Waals surface area contributed by atoms with Crippen molar-refractivity contribution in [1.29, 1.82) is 0 Å². The molecule has 0 aromatic carbocycles. The van der Waals surface area contributed by atoms with Crippen LogP contribution in [0.3, 0.4) is 0 Å². The van der Waals surface area contributed by atoms with Gasteiger partial charge in [-0.25, -0.2) is 0 Å². The lowest BCUT2D eigenvalue weighted by Gasteiger charge is -2.59. The van der Waals surface area contributed by atoms with E-state index in [1.165, 1.54) is 51.4 Å². The maximum Gasteiger partial charge on any atom is 0.0607 e. The van der Waals surface area contributed by atoms with Gasteiger partial charge in [0.2, 0.25) is 0 Å². The fraction of sp³-hybridized carbons (Fsp3) is 1.00. The fourth-order valence-corrected chi connectivity index (χ4v) is 4.63. The van der Waals surface area contributed by atoms with Crippen LogP contribution >= 0.6 is 0 Å². The highest BCUT2D eigenvalue weighted by molar-refractivity contribution is 5.16. The lowest BCUT2D eigenvalue weighted by molar-refractivity contribution is -0.176. The van der Waals surface area contributed by atoms with Gasteiger partial charge in [0.1, 0.15) is 0 Å². The van der Waals surface area contributed by atoms with Crippen molar-refractivity contribution in [2.24, 2.45) is 10.8 Å². The Morgan fingerprint density at radius 3 is 2.38 bits per heavy atom. The van der Waals surface area contributed by atoms with Gasteiger partial charge in [0, 0.05) is 5.41 Å². The summed E-state index contributed by atoms with van der Waals surface area (Å²) in [5, 5.41) is 10.0. The van der Waals surface area contributed by atoms with Crippen LogP contribution < -0.4 is 0 Å². The molecule has 1 heteroatoms. The summed E-state index contributed by atoms with van der Waals surface area (Å²) in [5.41, 5.74) is 1.02. The molecule has 0 amide bonds. The Balaban J connectivity index is 1.95. The number of aliphatic hydroxyl groups is 1. The SMILES string of the molecule is OC1CC23CCCCCC12CCC3. The van der Waals surface area contributed by atoms with Gasteiger partial charge < -0.3 is 5.11 Å². The van der Waals surface area contributed by atoms with E-state index < -0.39 is 0 Å². The molecule has 0 aliphatic heterocycles. The molecule has 3 aliphatic carbocycles. The lowest BCUT2D eigenvalue weighted by Crippen LogP contribution is -2.58. The standard InChI is InChI=1S/C12H20O/c13-10-9-11-5-2-1-3-7-12(10,11)8-4-6-11/h10,13H,1-9H2. The monoisotopic (exact) mass is 180 g/mol. The van der Waals surface area contributed by atoms with Crippen LogP contribution in [-0.2, 0) is 0 Å². The van der Waals surface area contributed by atoms with E-state index in [1.807, 2.05) is 0 Å². The zero-order valence-corrected chi connectivity index (χ0v) is 8.39. The van der Waals surface area contributed by atoms with Crippen molar-refractivity contribution >= 4 is 0 Å². The Bertz CT molecular complexity index is 225. The van der Waals surface area contributed by atoms with E-state index in [2.05, 4.69) is 0 Å². The van der Waals surface area contributed by atoms with Crippen molar-refractivity contribution in [3.05, 3.63) is 0 Å². The molecule has 3 unspecified atom stereocenters. The van der Waals surface area contributed by atoms with Crippen LogP contribution in [-0.4, -0.2) is 11.2 Å². The van der Waals surface area contributed by atoms with E-state index >= 15 is 0 Å². The first kappa shape index (κ1) is 8.28. The molecule has 3 saturated carbocycles. The lowest BCUT2D eigenvalue weighted by atomic mass is 9.47. The minimum Gasteiger partial charge on any atom is -0.393 e. The van der Waals surface area contributed by atoms with Crippen molar-refractivity contribution in [2.75, 3.05) is 0 Å². The molecule has 0 aromatic rings. The second kappa shape index (κ2) is 2.50. The summed E-state index contributed by atoms with van der Waals surface area (Å²) in [4.78, 5) is 0. The molecule has 0 aromatic heterocycles.